The van der Waals surface area contributed by atoms with Crippen molar-refractivity contribution < 1.29 is 13.9 Å². The van der Waals surface area contributed by atoms with Gasteiger partial charge in [0.1, 0.15) is 12.4 Å². The molecule has 0 spiro atoms. The fraction of sp³-hybridized carbons (Fsp3) is 0.133. The van der Waals surface area contributed by atoms with Crippen molar-refractivity contribution in [3.63, 3.8) is 0 Å². The predicted octanol–water partition coefficient (Wildman–Crippen LogP) is 2.56. The first-order valence-electron chi connectivity index (χ1n) is 6.11. The number of carbonyl (C=O) groups excluding carboxylic acids is 1. The summed E-state index contributed by atoms with van der Waals surface area (Å²) in [5.41, 5.74) is 7.73. The molecule has 0 fully saturated rings. The van der Waals surface area contributed by atoms with Crippen LogP contribution in [-0.2, 0) is 16.1 Å². The lowest BCUT2D eigenvalue weighted by atomic mass is 10.2. The molecule has 0 atom stereocenters. The molecule has 0 unspecified atom stereocenters. The average Bonchev–Trinajstić information content (AvgIpc) is 2.44. The third kappa shape index (κ3) is 4.37. The van der Waals surface area contributed by atoms with Gasteiger partial charge >= 0.3 is 0 Å². The van der Waals surface area contributed by atoms with E-state index in [0.29, 0.717) is 18.0 Å². The van der Waals surface area contributed by atoms with Crippen LogP contribution in [0.15, 0.2) is 48.5 Å². The number of nitrogen functional groups attached to an aromatic ring is 1. The second-order valence-electron chi connectivity index (χ2n) is 4.29. The maximum Gasteiger partial charge on any atom is 0.250 e. The molecule has 0 radical (unpaired) electrons. The van der Waals surface area contributed by atoms with Crippen LogP contribution in [0.2, 0.25) is 0 Å². The SMILES string of the molecule is Nc1ccc(COCC(=O)Nc2ccc(F)cc2)cc1. The third-order valence-electron chi connectivity index (χ3n) is 2.61. The van der Waals surface area contributed by atoms with E-state index in [1.54, 1.807) is 12.1 Å². The summed E-state index contributed by atoms with van der Waals surface area (Å²) in [6.07, 6.45) is 0. The van der Waals surface area contributed by atoms with E-state index < -0.39 is 0 Å². The molecule has 0 bridgehead atoms. The normalized spacial score (nSPS) is 10.2. The largest absolute Gasteiger partial charge is 0.399 e. The van der Waals surface area contributed by atoms with Crippen molar-refractivity contribution in [1.29, 1.82) is 0 Å². The van der Waals surface area contributed by atoms with Gasteiger partial charge in [-0.3, -0.25) is 4.79 Å². The minimum Gasteiger partial charge on any atom is -0.399 e. The van der Waals surface area contributed by atoms with E-state index in [2.05, 4.69) is 5.32 Å². The van der Waals surface area contributed by atoms with Crippen LogP contribution in [-0.4, -0.2) is 12.5 Å². The first kappa shape index (κ1) is 14.0. The van der Waals surface area contributed by atoms with Crippen LogP contribution in [0.4, 0.5) is 15.8 Å². The number of benzene rings is 2. The van der Waals surface area contributed by atoms with Gasteiger partial charge in [0.05, 0.1) is 6.61 Å². The lowest BCUT2D eigenvalue weighted by Gasteiger charge is -2.06. The van der Waals surface area contributed by atoms with Gasteiger partial charge in [-0.25, -0.2) is 4.39 Å². The molecule has 0 saturated carbocycles. The quantitative estimate of drug-likeness (QED) is 0.824. The number of anilines is 2. The fourth-order valence-corrected chi connectivity index (χ4v) is 1.61. The van der Waals surface area contributed by atoms with Crippen LogP contribution < -0.4 is 11.1 Å². The standard InChI is InChI=1S/C15H15FN2O2/c16-12-3-7-14(8-4-12)18-15(19)10-20-9-11-1-5-13(17)6-2-11/h1-8H,9-10,17H2,(H,18,19). The topological polar surface area (TPSA) is 64.3 Å². The number of nitrogens with one attached hydrogen (secondary N) is 1. The Labute approximate surface area is 116 Å². The highest BCUT2D eigenvalue weighted by Gasteiger charge is 2.03. The maximum atomic E-state index is 12.7. The number of halogens is 1. The summed E-state index contributed by atoms with van der Waals surface area (Å²) in [4.78, 5) is 11.6. The van der Waals surface area contributed by atoms with Crippen LogP contribution >= 0.6 is 0 Å². The van der Waals surface area contributed by atoms with E-state index in [9.17, 15) is 9.18 Å². The van der Waals surface area contributed by atoms with Crippen molar-refractivity contribution >= 4 is 17.3 Å². The molecule has 0 saturated heterocycles. The second-order valence-corrected chi connectivity index (χ2v) is 4.29. The van der Waals surface area contributed by atoms with Gasteiger partial charge in [-0.15, -0.1) is 0 Å². The van der Waals surface area contributed by atoms with Crippen molar-refractivity contribution in [3.05, 3.63) is 59.9 Å². The maximum absolute atomic E-state index is 12.7. The zero-order chi connectivity index (χ0) is 14.4. The average molecular weight is 274 g/mol. The van der Waals surface area contributed by atoms with Gasteiger partial charge in [0.15, 0.2) is 0 Å². The molecule has 1 amide bonds. The summed E-state index contributed by atoms with van der Waals surface area (Å²) in [6.45, 7) is 0.263. The summed E-state index contributed by atoms with van der Waals surface area (Å²) in [5.74, 6) is -0.630. The highest BCUT2D eigenvalue weighted by molar-refractivity contribution is 5.91. The summed E-state index contributed by atoms with van der Waals surface area (Å²) in [6, 6.07) is 12.8. The summed E-state index contributed by atoms with van der Waals surface area (Å²) in [7, 11) is 0. The number of amides is 1. The van der Waals surface area contributed by atoms with Gasteiger partial charge in [0, 0.05) is 11.4 Å². The van der Waals surface area contributed by atoms with Crippen molar-refractivity contribution in [1.82, 2.24) is 0 Å². The number of rotatable bonds is 5. The van der Waals surface area contributed by atoms with E-state index in [1.165, 1.54) is 24.3 Å². The van der Waals surface area contributed by atoms with E-state index in [4.69, 9.17) is 10.5 Å². The Morgan fingerprint density at radius 2 is 1.75 bits per heavy atom. The lowest BCUT2D eigenvalue weighted by molar-refractivity contribution is -0.121. The first-order chi connectivity index (χ1) is 9.63. The van der Waals surface area contributed by atoms with E-state index in [-0.39, 0.29) is 18.3 Å². The fourth-order valence-electron chi connectivity index (χ4n) is 1.61. The Kier molecular flexibility index (Phi) is 4.68. The Morgan fingerprint density at radius 1 is 1.10 bits per heavy atom. The molecule has 2 aromatic rings. The molecule has 0 aromatic heterocycles. The summed E-state index contributed by atoms with van der Waals surface area (Å²) < 4.78 is 18.0. The highest BCUT2D eigenvalue weighted by Crippen LogP contribution is 2.09. The Balaban J connectivity index is 1.75. The van der Waals surface area contributed by atoms with Crippen LogP contribution in [0.5, 0.6) is 0 Å². The Hall–Kier alpha value is -2.40. The first-order valence-corrected chi connectivity index (χ1v) is 6.11. The monoisotopic (exact) mass is 274 g/mol. The zero-order valence-corrected chi connectivity index (χ0v) is 10.8. The number of hydrogen-bond acceptors (Lipinski definition) is 3. The van der Waals surface area contributed by atoms with E-state index in [0.717, 1.165) is 5.56 Å². The molecule has 3 N–H and O–H groups in total. The minimum atomic E-state index is -0.345. The van der Waals surface area contributed by atoms with Gasteiger partial charge in [-0.2, -0.15) is 0 Å². The molecule has 0 aliphatic rings. The smallest absolute Gasteiger partial charge is 0.250 e. The predicted molar refractivity (Wildman–Crippen MR) is 75.5 cm³/mol. The van der Waals surface area contributed by atoms with Gasteiger partial charge in [0.2, 0.25) is 5.91 Å². The van der Waals surface area contributed by atoms with E-state index in [1.807, 2.05) is 12.1 Å². The van der Waals surface area contributed by atoms with Crippen molar-refractivity contribution in [2.75, 3.05) is 17.7 Å². The molecular weight excluding hydrogens is 259 g/mol. The number of ether oxygens (including phenoxy) is 1. The van der Waals surface area contributed by atoms with Crippen LogP contribution in [0.3, 0.4) is 0 Å². The molecule has 104 valence electrons. The van der Waals surface area contributed by atoms with Crippen molar-refractivity contribution in [2.24, 2.45) is 0 Å². The molecule has 0 heterocycles. The molecule has 5 heteroatoms. The Bertz CT molecular complexity index is 567. The third-order valence-corrected chi connectivity index (χ3v) is 2.61. The summed E-state index contributed by atoms with van der Waals surface area (Å²) in [5, 5.41) is 2.61. The minimum absolute atomic E-state index is 0.0677. The molecule has 0 aliphatic heterocycles. The van der Waals surface area contributed by atoms with E-state index >= 15 is 0 Å². The second kappa shape index (κ2) is 6.68. The van der Waals surface area contributed by atoms with Crippen LogP contribution in [0.1, 0.15) is 5.56 Å². The summed E-state index contributed by atoms with van der Waals surface area (Å²) >= 11 is 0. The van der Waals surface area contributed by atoms with Gasteiger partial charge in [-0.05, 0) is 42.0 Å². The van der Waals surface area contributed by atoms with Gasteiger partial charge in [0.25, 0.3) is 0 Å². The van der Waals surface area contributed by atoms with Gasteiger partial charge < -0.3 is 15.8 Å². The molecule has 2 aromatic carbocycles. The molecule has 2 rings (SSSR count). The molecule has 4 nitrogen and oxygen atoms in total. The zero-order valence-electron chi connectivity index (χ0n) is 10.8. The number of hydrogen-bond donors (Lipinski definition) is 2. The number of nitrogens with two attached hydrogens (primary N) is 1. The van der Waals surface area contributed by atoms with Crippen LogP contribution in [0.25, 0.3) is 0 Å². The lowest BCUT2D eigenvalue weighted by Crippen LogP contribution is -2.18. The van der Waals surface area contributed by atoms with Crippen molar-refractivity contribution in [3.8, 4) is 0 Å². The molecule has 0 aliphatic carbocycles. The highest BCUT2D eigenvalue weighted by atomic mass is 19.1. The molecular formula is C15H15FN2O2. The molecule has 20 heavy (non-hydrogen) atoms. The Morgan fingerprint density at radius 3 is 2.40 bits per heavy atom. The van der Waals surface area contributed by atoms with Crippen LogP contribution in [0, 0.1) is 5.82 Å². The van der Waals surface area contributed by atoms with Crippen molar-refractivity contribution in [2.45, 2.75) is 6.61 Å². The number of carbonyl (C=O) groups is 1. The van der Waals surface area contributed by atoms with Gasteiger partial charge in [-0.1, -0.05) is 12.1 Å².